The molecular formula is C7H14O3S. The largest absolute Gasteiger partial charge is 0.480 e. The smallest absolute Gasteiger partial charge is 0.318 e. The van der Waals surface area contributed by atoms with Crippen LogP contribution in [-0.4, -0.2) is 26.3 Å². The Morgan fingerprint density at radius 2 is 2.18 bits per heavy atom. The van der Waals surface area contributed by atoms with Crippen LogP contribution in [0.25, 0.3) is 0 Å². The average molecular weight is 178 g/mol. The fraction of sp³-hybridized carbons (Fsp3) is 0.857. The van der Waals surface area contributed by atoms with Gasteiger partial charge in [-0.2, -0.15) is 0 Å². The molecule has 0 aromatic rings. The predicted molar refractivity (Wildman–Crippen MR) is 45.0 cm³/mol. The Hall–Kier alpha value is -0.380. The number of carboxylic acids is 1. The molecule has 0 aliphatic heterocycles. The van der Waals surface area contributed by atoms with E-state index in [1.54, 1.807) is 0 Å². The van der Waals surface area contributed by atoms with Crippen LogP contribution in [0.4, 0.5) is 0 Å². The third-order valence-corrected chi connectivity index (χ3v) is 3.12. The van der Waals surface area contributed by atoms with E-state index in [4.69, 9.17) is 5.11 Å². The first-order valence-electron chi connectivity index (χ1n) is 3.69. The molecule has 0 aromatic carbocycles. The number of unbranched alkanes of at least 4 members (excludes halogenated alkanes) is 1. The van der Waals surface area contributed by atoms with E-state index in [1.165, 1.54) is 6.92 Å². The summed E-state index contributed by atoms with van der Waals surface area (Å²) in [6.45, 7) is 3.47. The molecule has 0 saturated heterocycles. The van der Waals surface area contributed by atoms with Crippen LogP contribution < -0.4 is 0 Å². The highest BCUT2D eigenvalue weighted by molar-refractivity contribution is 7.86. The van der Waals surface area contributed by atoms with Gasteiger partial charge in [-0.05, 0) is 13.3 Å². The lowest BCUT2D eigenvalue weighted by Crippen LogP contribution is -2.23. The van der Waals surface area contributed by atoms with E-state index in [0.717, 1.165) is 12.8 Å². The van der Waals surface area contributed by atoms with Crippen LogP contribution in [0.1, 0.15) is 26.7 Å². The van der Waals surface area contributed by atoms with Gasteiger partial charge in [0.25, 0.3) is 0 Å². The Morgan fingerprint density at radius 1 is 1.64 bits per heavy atom. The van der Waals surface area contributed by atoms with Gasteiger partial charge in [-0.25, -0.2) is 0 Å². The fourth-order valence-corrected chi connectivity index (χ4v) is 1.73. The summed E-state index contributed by atoms with van der Waals surface area (Å²) in [4.78, 5) is 10.3. The van der Waals surface area contributed by atoms with Gasteiger partial charge in [0.05, 0.1) is 0 Å². The van der Waals surface area contributed by atoms with Crippen LogP contribution in [0.5, 0.6) is 0 Å². The number of hydrogen-bond acceptors (Lipinski definition) is 2. The normalized spacial score (nSPS) is 15.8. The zero-order valence-corrected chi connectivity index (χ0v) is 7.69. The summed E-state index contributed by atoms with van der Waals surface area (Å²) in [5, 5.41) is 7.74. The van der Waals surface area contributed by atoms with E-state index in [9.17, 15) is 9.00 Å². The topological polar surface area (TPSA) is 54.4 Å². The molecule has 66 valence electrons. The molecule has 0 fully saturated rings. The zero-order valence-electron chi connectivity index (χ0n) is 6.87. The summed E-state index contributed by atoms with van der Waals surface area (Å²) in [5.74, 6) is -0.469. The van der Waals surface area contributed by atoms with Crippen molar-refractivity contribution in [1.29, 1.82) is 0 Å². The van der Waals surface area contributed by atoms with Crippen LogP contribution >= 0.6 is 0 Å². The van der Waals surface area contributed by atoms with Gasteiger partial charge >= 0.3 is 5.97 Å². The van der Waals surface area contributed by atoms with Gasteiger partial charge in [-0.3, -0.25) is 9.00 Å². The minimum Gasteiger partial charge on any atom is -0.480 e. The number of carboxylic acid groups (broad SMARTS) is 1. The first-order chi connectivity index (χ1) is 5.09. The number of rotatable bonds is 5. The SMILES string of the molecule is CCCCS(=O)C(C)C(=O)O. The molecule has 0 rings (SSSR count). The average Bonchev–Trinajstić information content (AvgIpc) is 1.98. The maximum absolute atomic E-state index is 11.1. The van der Waals surface area contributed by atoms with Gasteiger partial charge in [0.15, 0.2) is 0 Å². The van der Waals surface area contributed by atoms with Crippen molar-refractivity contribution in [2.75, 3.05) is 5.75 Å². The molecule has 2 unspecified atom stereocenters. The number of aliphatic carboxylic acids is 1. The Kier molecular flexibility index (Phi) is 5.11. The first kappa shape index (κ1) is 10.6. The van der Waals surface area contributed by atoms with Gasteiger partial charge in [0, 0.05) is 16.6 Å². The van der Waals surface area contributed by atoms with Crippen molar-refractivity contribution >= 4 is 16.8 Å². The fourth-order valence-electron chi connectivity index (χ4n) is 0.576. The summed E-state index contributed by atoms with van der Waals surface area (Å²) < 4.78 is 11.1. The van der Waals surface area contributed by atoms with E-state index in [0.29, 0.717) is 5.75 Å². The second kappa shape index (κ2) is 5.29. The Balaban J connectivity index is 3.74. The van der Waals surface area contributed by atoms with Crippen molar-refractivity contribution in [3.8, 4) is 0 Å². The summed E-state index contributed by atoms with van der Waals surface area (Å²) in [6.07, 6.45) is 1.79. The highest BCUT2D eigenvalue weighted by atomic mass is 32.2. The van der Waals surface area contributed by atoms with Crippen molar-refractivity contribution in [3.63, 3.8) is 0 Å². The van der Waals surface area contributed by atoms with Crippen molar-refractivity contribution in [2.45, 2.75) is 31.9 Å². The van der Waals surface area contributed by atoms with Gasteiger partial charge in [0.2, 0.25) is 0 Å². The molecule has 0 saturated carbocycles. The van der Waals surface area contributed by atoms with Crippen LogP contribution in [0.3, 0.4) is 0 Å². The number of hydrogen-bond donors (Lipinski definition) is 1. The molecule has 0 radical (unpaired) electrons. The van der Waals surface area contributed by atoms with Crippen molar-refractivity contribution in [1.82, 2.24) is 0 Å². The molecule has 3 nitrogen and oxygen atoms in total. The number of carbonyl (C=O) groups is 1. The second-order valence-corrected chi connectivity index (χ2v) is 4.30. The molecular weight excluding hydrogens is 164 g/mol. The molecule has 0 aliphatic rings. The van der Waals surface area contributed by atoms with E-state index >= 15 is 0 Å². The van der Waals surface area contributed by atoms with Gasteiger partial charge in [-0.1, -0.05) is 13.3 Å². The summed E-state index contributed by atoms with van der Waals surface area (Å²) >= 11 is 0. The monoisotopic (exact) mass is 178 g/mol. The minimum atomic E-state index is -1.19. The Morgan fingerprint density at radius 3 is 2.55 bits per heavy atom. The van der Waals surface area contributed by atoms with Crippen LogP contribution in [0.2, 0.25) is 0 Å². The van der Waals surface area contributed by atoms with Crippen LogP contribution in [0.15, 0.2) is 0 Å². The van der Waals surface area contributed by atoms with Gasteiger partial charge in [0.1, 0.15) is 5.25 Å². The molecule has 0 amide bonds. The van der Waals surface area contributed by atoms with E-state index in [-0.39, 0.29) is 0 Å². The van der Waals surface area contributed by atoms with E-state index < -0.39 is 22.0 Å². The molecule has 11 heavy (non-hydrogen) atoms. The lowest BCUT2D eigenvalue weighted by molar-refractivity contribution is -0.136. The summed E-state index contributed by atoms with van der Waals surface area (Å²) in [5.41, 5.74) is 0. The molecule has 0 bridgehead atoms. The Labute approximate surface area is 69.3 Å². The molecule has 1 N–H and O–H groups in total. The maximum atomic E-state index is 11.1. The van der Waals surface area contributed by atoms with E-state index in [2.05, 4.69) is 0 Å². The first-order valence-corrected chi connectivity index (χ1v) is 5.07. The summed E-state index contributed by atoms with van der Waals surface area (Å²) in [6, 6.07) is 0. The quantitative estimate of drug-likeness (QED) is 0.683. The van der Waals surface area contributed by atoms with Gasteiger partial charge < -0.3 is 5.11 Å². The third-order valence-electron chi connectivity index (χ3n) is 1.44. The minimum absolute atomic E-state index is 0.504. The van der Waals surface area contributed by atoms with Crippen molar-refractivity contribution in [2.24, 2.45) is 0 Å². The molecule has 0 spiro atoms. The van der Waals surface area contributed by atoms with Gasteiger partial charge in [-0.15, -0.1) is 0 Å². The lowest BCUT2D eigenvalue weighted by atomic mass is 10.4. The molecule has 0 aliphatic carbocycles. The van der Waals surface area contributed by atoms with Crippen LogP contribution in [-0.2, 0) is 15.6 Å². The van der Waals surface area contributed by atoms with Crippen molar-refractivity contribution < 1.29 is 14.1 Å². The van der Waals surface area contributed by atoms with Crippen LogP contribution in [0, 0.1) is 0 Å². The second-order valence-electron chi connectivity index (χ2n) is 2.42. The zero-order chi connectivity index (χ0) is 8.85. The standard InChI is InChI=1S/C7H14O3S/c1-3-4-5-11(10)6(2)7(8)9/h6H,3-5H2,1-2H3,(H,8,9). The summed E-state index contributed by atoms with van der Waals surface area (Å²) in [7, 11) is -1.19. The third kappa shape index (κ3) is 4.14. The van der Waals surface area contributed by atoms with Crippen molar-refractivity contribution in [3.05, 3.63) is 0 Å². The molecule has 2 atom stereocenters. The van der Waals surface area contributed by atoms with E-state index in [1.807, 2.05) is 6.92 Å². The highest BCUT2D eigenvalue weighted by Gasteiger charge is 2.17. The molecule has 0 aromatic heterocycles. The Bertz CT molecular complexity index is 156. The molecule has 0 heterocycles. The predicted octanol–water partition coefficient (Wildman–Crippen LogP) is 1.01. The maximum Gasteiger partial charge on any atom is 0.318 e. The lowest BCUT2D eigenvalue weighted by Gasteiger charge is -2.04. The molecule has 4 heteroatoms. The highest BCUT2D eigenvalue weighted by Crippen LogP contribution is 1.99.